The Hall–Kier alpha value is -3.12. The number of hydrogen-bond donors (Lipinski definition) is 2. The van der Waals surface area contributed by atoms with Crippen LogP contribution in [0, 0.1) is 6.92 Å². The summed E-state index contributed by atoms with van der Waals surface area (Å²) in [6, 6.07) is 21.3. The topological polar surface area (TPSA) is 75.4 Å². The minimum atomic E-state index is -0.736. The third-order valence-electron chi connectivity index (χ3n) is 3.94. The molecule has 0 bridgehead atoms. The highest BCUT2D eigenvalue weighted by molar-refractivity contribution is 9.10. The van der Waals surface area contributed by atoms with Gasteiger partial charge in [0.15, 0.2) is 0 Å². The van der Waals surface area contributed by atoms with Crippen LogP contribution in [-0.4, -0.2) is 11.8 Å². The Labute approximate surface area is 165 Å². The number of carbonyl (C=O) groups is 2. The molecular formula is C21H18BrN3O2. The lowest BCUT2D eigenvalue weighted by Crippen LogP contribution is -2.36. The lowest BCUT2D eigenvalue weighted by Gasteiger charge is -2.22. The number of nitrogens with two attached hydrogens (primary N) is 1. The van der Waals surface area contributed by atoms with E-state index in [4.69, 9.17) is 5.73 Å². The molecule has 0 radical (unpaired) electrons. The predicted octanol–water partition coefficient (Wildman–Crippen LogP) is 4.64. The molecule has 27 heavy (non-hydrogen) atoms. The number of nitrogens with one attached hydrogen (secondary N) is 1. The Morgan fingerprint density at radius 2 is 1.56 bits per heavy atom. The third kappa shape index (κ3) is 4.35. The maximum Gasteiger partial charge on any atom is 0.321 e. The van der Waals surface area contributed by atoms with Gasteiger partial charge in [0.05, 0.1) is 5.69 Å². The van der Waals surface area contributed by atoms with E-state index in [-0.39, 0.29) is 0 Å². The van der Waals surface area contributed by atoms with Crippen LogP contribution in [0.4, 0.5) is 22.7 Å². The number of hydrogen-bond acceptors (Lipinski definition) is 3. The van der Waals surface area contributed by atoms with E-state index in [1.807, 2.05) is 25.1 Å². The second kappa shape index (κ2) is 8.05. The van der Waals surface area contributed by atoms with Crippen molar-refractivity contribution in [1.29, 1.82) is 0 Å². The summed E-state index contributed by atoms with van der Waals surface area (Å²) in [7, 11) is 0. The van der Waals surface area contributed by atoms with Gasteiger partial charge in [0, 0.05) is 21.5 Å². The zero-order valence-electron chi connectivity index (χ0n) is 14.6. The second-order valence-electron chi connectivity index (χ2n) is 6.01. The van der Waals surface area contributed by atoms with Crippen LogP contribution < -0.4 is 16.0 Å². The van der Waals surface area contributed by atoms with Crippen LogP contribution in [0.1, 0.15) is 5.56 Å². The van der Waals surface area contributed by atoms with Crippen molar-refractivity contribution in [3.63, 3.8) is 0 Å². The molecule has 0 saturated carbocycles. The summed E-state index contributed by atoms with van der Waals surface area (Å²) >= 11 is 3.41. The summed E-state index contributed by atoms with van der Waals surface area (Å²) in [6.07, 6.45) is 0. The number of aryl methyl sites for hydroxylation is 1. The van der Waals surface area contributed by atoms with Gasteiger partial charge < -0.3 is 11.1 Å². The van der Waals surface area contributed by atoms with E-state index in [1.54, 1.807) is 54.6 Å². The van der Waals surface area contributed by atoms with Crippen LogP contribution in [0.25, 0.3) is 0 Å². The fraction of sp³-hybridized carbons (Fsp3) is 0.0476. The molecule has 136 valence electrons. The number of amides is 2. The van der Waals surface area contributed by atoms with Gasteiger partial charge in [-0.25, -0.2) is 0 Å². The number of benzene rings is 3. The van der Waals surface area contributed by atoms with E-state index in [0.29, 0.717) is 27.2 Å². The molecule has 0 aliphatic rings. The predicted molar refractivity (Wildman–Crippen MR) is 112 cm³/mol. The van der Waals surface area contributed by atoms with Crippen LogP contribution >= 0.6 is 15.9 Å². The monoisotopic (exact) mass is 423 g/mol. The smallest absolute Gasteiger partial charge is 0.321 e. The number of para-hydroxylation sites is 1. The summed E-state index contributed by atoms with van der Waals surface area (Å²) in [5, 5.41) is 2.67. The van der Waals surface area contributed by atoms with Crippen molar-refractivity contribution < 1.29 is 9.59 Å². The quantitative estimate of drug-likeness (QED) is 0.475. The first-order valence-electron chi connectivity index (χ1n) is 8.28. The van der Waals surface area contributed by atoms with Gasteiger partial charge in [0.25, 0.3) is 0 Å². The first kappa shape index (κ1) is 18.7. The van der Waals surface area contributed by atoms with Crippen molar-refractivity contribution in [2.24, 2.45) is 0 Å². The van der Waals surface area contributed by atoms with E-state index in [0.717, 1.165) is 5.56 Å². The van der Waals surface area contributed by atoms with Crippen LogP contribution in [0.15, 0.2) is 77.3 Å². The minimum Gasteiger partial charge on any atom is -0.399 e. The maximum absolute atomic E-state index is 13.0. The van der Waals surface area contributed by atoms with Crippen molar-refractivity contribution in [3.05, 3.63) is 82.8 Å². The molecule has 3 N–H and O–H groups in total. The number of halogens is 1. The molecule has 0 fully saturated rings. The summed E-state index contributed by atoms with van der Waals surface area (Å²) in [5.41, 5.74) is 9.04. The Morgan fingerprint density at radius 3 is 2.19 bits per heavy atom. The van der Waals surface area contributed by atoms with E-state index < -0.39 is 11.8 Å². The molecule has 0 aliphatic heterocycles. The first-order valence-corrected chi connectivity index (χ1v) is 9.07. The fourth-order valence-corrected chi connectivity index (χ4v) is 3.18. The third-order valence-corrected chi connectivity index (χ3v) is 4.59. The van der Waals surface area contributed by atoms with Gasteiger partial charge in [-0.05, 0) is 76.9 Å². The lowest BCUT2D eigenvalue weighted by molar-refractivity contribution is -0.134. The van der Waals surface area contributed by atoms with Gasteiger partial charge >= 0.3 is 11.8 Å². The van der Waals surface area contributed by atoms with Crippen LogP contribution in [0.2, 0.25) is 0 Å². The lowest BCUT2D eigenvalue weighted by atomic mass is 10.2. The Balaban J connectivity index is 1.92. The normalized spacial score (nSPS) is 10.3. The molecule has 0 aliphatic carbocycles. The van der Waals surface area contributed by atoms with E-state index >= 15 is 0 Å². The first-order chi connectivity index (χ1) is 13.0. The van der Waals surface area contributed by atoms with Gasteiger partial charge in [-0.1, -0.05) is 24.3 Å². The van der Waals surface area contributed by atoms with Gasteiger partial charge in [0.1, 0.15) is 0 Å². The number of rotatable bonds is 3. The highest BCUT2D eigenvalue weighted by atomic mass is 79.9. The van der Waals surface area contributed by atoms with Crippen molar-refractivity contribution in [2.45, 2.75) is 6.92 Å². The number of nitrogens with zero attached hydrogens (tertiary/aromatic N) is 1. The molecular weight excluding hydrogens is 406 g/mol. The van der Waals surface area contributed by atoms with Crippen molar-refractivity contribution >= 4 is 50.5 Å². The molecule has 0 heterocycles. The standard InChI is InChI=1S/C21H18BrN3O2/c1-14-7-12-19(18(22)13-14)24-20(26)21(27)25(16-5-3-2-4-6-16)17-10-8-15(23)9-11-17/h2-13H,23H2,1H3,(H,24,26). The summed E-state index contributed by atoms with van der Waals surface area (Å²) < 4.78 is 0.711. The molecule has 3 aromatic rings. The second-order valence-corrected chi connectivity index (χ2v) is 6.86. The Bertz CT molecular complexity index is 972. The molecule has 2 amide bonds. The average Bonchev–Trinajstić information content (AvgIpc) is 2.66. The highest BCUT2D eigenvalue weighted by Gasteiger charge is 2.25. The number of nitrogen functional groups attached to an aromatic ring is 1. The minimum absolute atomic E-state index is 0.532. The Morgan fingerprint density at radius 1 is 0.926 bits per heavy atom. The zero-order chi connectivity index (χ0) is 19.4. The van der Waals surface area contributed by atoms with E-state index in [9.17, 15) is 9.59 Å². The summed E-state index contributed by atoms with van der Waals surface area (Å²) in [4.78, 5) is 27.0. The highest BCUT2D eigenvalue weighted by Crippen LogP contribution is 2.28. The van der Waals surface area contributed by atoms with E-state index in [1.165, 1.54) is 4.90 Å². The zero-order valence-corrected chi connectivity index (χ0v) is 16.2. The van der Waals surface area contributed by atoms with Crippen LogP contribution in [-0.2, 0) is 9.59 Å². The van der Waals surface area contributed by atoms with Crippen molar-refractivity contribution in [3.8, 4) is 0 Å². The SMILES string of the molecule is Cc1ccc(NC(=O)C(=O)N(c2ccccc2)c2ccc(N)cc2)c(Br)c1. The molecule has 0 spiro atoms. The molecule has 0 aromatic heterocycles. The average molecular weight is 424 g/mol. The number of anilines is 4. The maximum atomic E-state index is 13.0. The number of carbonyl (C=O) groups excluding carboxylic acids is 2. The van der Waals surface area contributed by atoms with Crippen molar-refractivity contribution in [1.82, 2.24) is 0 Å². The molecule has 6 heteroatoms. The van der Waals surface area contributed by atoms with Crippen LogP contribution in [0.5, 0.6) is 0 Å². The molecule has 5 nitrogen and oxygen atoms in total. The molecule has 0 saturated heterocycles. The van der Waals surface area contributed by atoms with Gasteiger partial charge in [-0.15, -0.1) is 0 Å². The van der Waals surface area contributed by atoms with Gasteiger partial charge in [-0.3, -0.25) is 14.5 Å². The summed E-state index contributed by atoms with van der Waals surface area (Å²) in [5.74, 6) is -1.43. The molecule has 0 unspecified atom stereocenters. The van der Waals surface area contributed by atoms with Crippen molar-refractivity contribution in [2.75, 3.05) is 16.0 Å². The fourth-order valence-electron chi connectivity index (χ4n) is 2.58. The molecule has 3 rings (SSSR count). The van der Waals surface area contributed by atoms with Crippen LogP contribution in [0.3, 0.4) is 0 Å². The van der Waals surface area contributed by atoms with E-state index in [2.05, 4.69) is 21.2 Å². The molecule has 3 aromatic carbocycles. The Kier molecular flexibility index (Phi) is 5.57. The molecule has 0 atom stereocenters. The summed E-state index contributed by atoms with van der Waals surface area (Å²) in [6.45, 7) is 1.94. The van der Waals surface area contributed by atoms with Gasteiger partial charge in [-0.2, -0.15) is 0 Å². The van der Waals surface area contributed by atoms with Gasteiger partial charge in [0.2, 0.25) is 0 Å². The largest absolute Gasteiger partial charge is 0.399 e.